The Labute approximate surface area is 132 Å². The van der Waals surface area contributed by atoms with Crippen molar-refractivity contribution in [3.8, 4) is 0 Å². The molecule has 0 fully saturated rings. The molecular weight excluding hydrogens is 391 g/mol. The van der Waals surface area contributed by atoms with Crippen LogP contribution in [0.15, 0.2) is 12.2 Å². The topological polar surface area (TPSA) is 133 Å². The molecule has 0 atom stereocenters. The van der Waals surface area contributed by atoms with Gasteiger partial charge in [-0.05, 0) is 12.2 Å². The summed E-state index contributed by atoms with van der Waals surface area (Å²) < 4.78 is 10.9. The molecule has 0 radical (unpaired) electrons. The van der Waals surface area contributed by atoms with Crippen molar-refractivity contribution in [3.63, 3.8) is 0 Å². The number of methoxy groups -OCH3 is 2. The first-order chi connectivity index (χ1) is 9.83. The van der Waals surface area contributed by atoms with E-state index in [0.717, 1.165) is 8.87 Å². The second kappa shape index (κ2) is 14.8. The summed E-state index contributed by atoms with van der Waals surface area (Å²) in [6.07, 6.45) is 1.78. The molecule has 0 rings (SSSR count). The number of carboxylic acids is 2. The quantitative estimate of drug-likeness (QED) is 0.190. The average Bonchev–Trinajstić information content (AvgIpc) is 2.44. The van der Waals surface area contributed by atoms with Crippen LogP contribution in [-0.2, 0) is 28.7 Å². The molecule has 0 saturated heterocycles. The van der Waals surface area contributed by atoms with Crippen molar-refractivity contribution in [3.05, 3.63) is 12.2 Å². The van der Waals surface area contributed by atoms with Crippen molar-refractivity contribution in [2.75, 3.05) is 14.2 Å². The van der Waals surface area contributed by atoms with Gasteiger partial charge in [-0.1, -0.05) is 0 Å². The molecular formula is C12H16O8Sn. The number of aliphatic carboxylic acids is 2. The SMILES string of the molecule is COC(=O)C[CH2][Sn+2][CH2]CC(=O)OC.O=C([O-])/C=C\C(=O)[O-]. The van der Waals surface area contributed by atoms with Gasteiger partial charge >= 0.3 is 88.1 Å². The molecule has 9 heteroatoms. The molecule has 0 saturated carbocycles. The zero-order valence-corrected chi connectivity index (χ0v) is 14.6. The molecule has 0 bridgehead atoms. The van der Waals surface area contributed by atoms with Gasteiger partial charge < -0.3 is 19.8 Å². The van der Waals surface area contributed by atoms with Crippen LogP contribution in [0.2, 0.25) is 8.87 Å². The summed E-state index contributed by atoms with van der Waals surface area (Å²) in [5.74, 6) is -3.40. The molecule has 0 heterocycles. The molecule has 0 aromatic carbocycles. The summed E-state index contributed by atoms with van der Waals surface area (Å²) >= 11 is -0.551. The predicted molar refractivity (Wildman–Crippen MR) is 67.8 cm³/mol. The van der Waals surface area contributed by atoms with E-state index in [-0.39, 0.29) is 11.9 Å². The van der Waals surface area contributed by atoms with E-state index in [1.54, 1.807) is 0 Å². The zero-order chi connectivity index (χ0) is 16.7. The Kier molecular flexibility index (Phi) is 15.3. The molecule has 0 aliphatic carbocycles. The zero-order valence-electron chi connectivity index (χ0n) is 11.7. The van der Waals surface area contributed by atoms with E-state index in [1.807, 2.05) is 0 Å². The van der Waals surface area contributed by atoms with E-state index < -0.39 is 33.1 Å². The van der Waals surface area contributed by atoms with Gasteiger partial charge in [0.15, 0.2) is 0 Å². The fourth-order valence-corrected chi connectivity index (χ4v) is 3.73. The summed E-state index contributed by atoms with van der Waals surface area (Å²) in [7, 11) is 2.78. The summed E-state index contributed by atoms with van der Waals surface area (Å²) in [6.45, 7) is 0. The van der Waals surface area contributed by atoms with Crippen LogP contribution in [0.1, 0.15) is 12.8 Å². The Morgan fingerprint density at radius 1 is 0.857 bits per heavy atom. The van der Waals surface area contributed by atoms with E-state index in [2.05, 4.69) is 9.47 Å². The minimum Gasteiger partial charge on any atom is -0.545 e. The summed E-state index contributed by atoms with van der Waals surface area (Å²) in [6, 6.07) is 0. The molecule has 8 nitrogen and oxygen atoms in total. The van der Waals surface area contributed by atoms with E-state index in [1.165, 1.54) is 14.2 Å². The van der Waals surface area contributed by atoms with Gasteiger partial charge in [-0.2, -0.15) is 0 Å². The van der Waals surface area contributed by atoms with Crippen molar-refractivity contribution in [2.45, 2.75) is 21.7 Å². The van der Waals surface area contributed by atoms with Gasteiger partial charge in [0.25, 0.3) is 0 Å². The first-order valence-electron chi connectivity index (χ1n) is 5.77. The van der Waals surface area contributed by atoms with Crippen LogP contribution in [-0.4, -0.2) is 59.2 Å². The largest absolute Gasteiger partial charge is 0.545 e. The van der Waals surface area contributed by atoms with Crippen molar-refractivity contribution in [2.24, 2.45) is 0 Å². The third kappa shape index (κ3) is 20.9. The Morgan fingerprint density at radius 3 is 1.43 bits per heavy atom. The molecule has 0 aromatic rings. The van der Waals surface area contributed by atoms with Gasteiger partial charge in [0.1, 0.15) is 0 Å². The first-order valence-corrected chi connectivity index (χ1v) is 9.81. The third-order valence-corrected chi connectivity index (χ3v) is 5.27. The minimum atomic E-state index is -1.55. The molecule has 0 aromatic heterocycles. The summed E-state index contributed by atoms with van der Waals surface area (Å²) in [5.41, 5.74) is 0. The van der Waals surface area contributed by atoms with Crippen molar-refractivity contribution >= 4 is 45.0 Å². The predicted octanol–water partition coefficient (Wildman–Crippen LogP) is -2.30. The monoisotopic (exact) mass is 408 g/mol. The smallest absolute Gasteiger partial charge is 0.0643 e. The summed E-state index contributed by atoms with van der Waals surface area (Å²) in [4.78, 5) is 40.2. The van der Waals surface area contributed by atoms with Crippen LogP contribution in [0.25, 0.3) is 0 Å². The van der Waals surface area contributed by atoms with Gasteiger partial charge in [0, 0.05) is 0 Å². The van der Waals surface area contributed by atoms with Crippen LogP contribution in [0.4, 0.5) is 0 Å². The molecule has 0 unspecified atom stereocenters. The van der Waals surface area contributed by atoms with Crippen molar-refractivity contribution in [1.29, 1.82) is 0 Å². The van der Waals surface area contributed by atoms with E-state index in [0.29, 0.717) is 25.0 Å². The number of carbonyl (C=O) groups is 4. The maximum Gasteiger partial charge on any atom is 0.0643 e. The van der Waals surface area contributed by atoms with Crippen LogP contribution in [0, 0.1) is 0 Å². The Hall–Kier alpha value is -1.58. The molecule has 0 N–H and O–H groups in total. The average molecular weight is 407 g/mol. The fraction of sp³-hybridized carbons (Fsp3) is 0.500. The van der Waals surface area contributed by atoms with Gasteiger partial charge in [-0.15, -0.1) is 0 Å². The number of hydrogen-bond donors (Lipinski definition) is 0. The Morgan fingerprint density at radius 2 is 1.19 bits per heavy atom. The van der Waals surface area contributed by atoms with Gasteiger partial charge in [0.05, 0.1) is 11.9 Å². The molecule has 0 spiro atoms. The Balaban J connectivity index is 0. The second-order valence-electron chi connectivity index (χ2n) is 3.37. The number of carbonyl (C=O) groups excluding carboxylic acids is 4. The fourth-order valence-electron chi connectivity index (χ4n) is 0.846. The van der Waals surface area contributed by atoms with Crippen molar-refractivity contribution in [1.82, 2.24) is 0 Å². The molecule has 0 aliphatic rings. The molecule has 0 aliphatic heterocycles. The second-order valence-corrected chi connectivity index (χ2v) is 7.65. The standard InChI is InChI=1S/C4H4O4.2C4H7O2.Sn/c5-3(6)1-2-4(7)8;2*1-3-4(5)6-2;/h1-2H,(H,5,6)(H,7,8);2*1,3H2,2H3;/q;;;+2/p-2/b2-1-;;;. The van der Waals surface area contributed by atoms with Gasteiger partial charge in [-0.3, -0.25) is 0 Å². The van der Waals surface area contributed by atoms with Gasteiger partial charge in [0.2, 0.25) is 0 Å². The van der Waals surface area contributed by atoms with E-state index in [4.69, 9.17) is 0 Å². The van der Waals surface area contributed by atoms with Crippen LogP contribution in [0.3, 0.4) is 0 Å². The number of hydrogen-bond acceptors (Lipinski definition) is 8. The maximum atomic E-state index is 10.7. The molecule has 21 heavy (non-hydrogen) atoms. The Bertz CT molecular complexity index is 343. The minimum absolute atomic E-state index is 0.154. The molecule has 0 amide bonds. The third-order valence-electron chi connectivity index (χ3n) is 1.82. The van der Waals surface area contributed by atoms with E-state index >= 15 is 0 Å². The number of rotatable bonds is 8. The van der Waals surface area contributed by atoms with Gasteiger partial charge in [-0.25, -0.2) is 0 Å². The molecule has 116 valence electrons. The number of carboxylic acid groups (broad SMARTS) is 2. The summed E-state index contributed by atoms with van der Waals surface area (Å²) in [5, 5.41) is 18.8. The van der Waals surface area contributed by atoms with Crippen LogP contribution < -0.4 is 10.2 Å². The van der Waals surface area contributed by atoms with Crippen LogP contribution in [0.5, 0.6) is 0 Å². The number of ether oxygens (including phenoxy) is 2. The first kappa shape index (κ1) is 21.7. The van der Waals surface area contributed by atoms with E-state index in [9.17, 15) is 29.4 Å². The maximum absolute atomic E-state index is 10.7. The number of esters is 2. The van der Waals surface area contributed by atoms with Crippen LogP contribution >= 0.6 is 0 Å². The van der Waals surface area contributed by atoms with Crippen molar-refractivity contribution < 1.29 is 38.9 Å². The normalized spacial score (nSPS) is 9.05.